The molecule has 190 valence electrons. The molecule has 11 nitrogen and oxygen atoms in total. The van der Waals surface area contributed by atoms with Crippen molar-refractivity contribution < 1.29 is 9.59 Å². The van der Waals surface area contributed by atoms with Crippen molar-refractivity contribution in [1.82, 2.24) is 30.2 Å². The van der Waals surface area contributed by atoms with Crippen molar-refractivity contribution in [3.05, 3.63) is 41.4 Å². The molecule has 0 saturated heterocycles. The van der Waals surface area contributed by atoms with Crippen molar-refractivity contribution in [3.63, 3.8) is 0 Å². The summed E-state index contributed by atoms with van der Waals surface area (Å²) in [6.45, 7) is 0.327. The first-order chi connectivity index (χ1) is 17.5. The van der Waals surface area contributed by atoms with Gasteiger partial charge in [-0.2, -0.15) is 0 Å². The summed E-state index contributed by atoms with van der Waals surface area (Å²) in [6, 6.07) is 6.05. The number of halogens is 1. The van der Waals surface area contributed by atoms with E-state index in [1.54, 1.807) is 23.7 Å². The zero-order valence-electron chi connectivity index (χ0n) is 20.1. The highest BCUT2D eigenvalue weighted by molar-refractivity contribution is 6.29. The molecule has 0 unspecified atom stereocenters. The summed E-state index contributed by atoms with van der Waals surface area (Å²) in [5.41, 5.74) is 2.30. The highest BCUT2D eigenvalue weighted by atomic mass is 35.5. The van der Waals surface area contributed by atoms with E-state index in [1.165, 1.54) is 12.4 Å². The van der Waals surface area contributed by atoms with E-state index >= 15 is 0 Å². The van der Waals surface area contributed by atoms with Crippen molar-refractivity contribution in [2.24, 2.45) is 0 Å². The Morgan fingerprint density at radius 2 is 1.75 bits per heavy atom. The number of imidazole rings is 1. The zero-order chi connectivity index (χ0) is 25.1. The molecule has 3 aromatic rings. The van der Waals surface area contributed by atoms with Crippen LogP contribution in [0, 0.1) is 0 Å². The molecule has 0 aromatic carbocycles. The molecular weight excluding hydrogens is 482 g/mol. The molecule has 0 atom stereocenters. The van der Waals surface area contributed by atoms with Crippen LogP contribution in [0.2, 0.25) is 5.15 Å². The van der Waals surface area contributed by atoms with Gasteiger partial charge in [-0.25, -0.2) is 14.5 Å². The minimum atomic E-state index is -0.343. The summed E-state index contributed by atoms with van der Waals surface area (Å²) in [5.74, 6) is 0.355. The van der Waals surface area contributed by atoms with Crippen LogP contribution in [-0.4, -0.2) is 63.1 Å². The maximum Gasteiger partial charge on any atom is 0.276 e. The van der Waals surface area contributed by atoms with E-state index in [1.807, 2.05) is 6.07 Å². The number of nitrogens with one attached hydrogen (secondary N) is 5. The van der Waals surface area contributed by atoms with Gasteiger partial charge in [0.1, 0.15) is 11.0 Å². The molecule has 0 spiro atoms. The van der Waals surface area contributed by atoms with E-state index < -0.39 is 0 Å². The normalized spacial score (nSPS) is 19.6. The molecule has 2 amide bonds. The second-order valence-corrected chi connectivity index (χ2v) is 9.74. The Balaban J connectivity index is 1.33. The first-order valence-corrected chi connectivity index (χ1v) is 12.6. The smallest absolute Gasteiger partial charge is 0.276 e. The third-order valence-corrected chi connectivity index (χ3v) is 6.61. The van der Waals surface area contributed by atoms with Gasteiger partial charge in [0.05, 0.1) is 18.4 Å². The Bertz CT molecular complexity index is 1250. The van der Waals surface area contributed by atoms with Gasteiger partial charge in [0.2, 0.25) is 5.91 Å². The fourth-order valence-electron chi connectivity index (χ4n) is 4.45. The van der Waals surface area contributed by atoms with Crippen molar-refractivity contribution in [2.45, 2.75) is 56.7 Å². The van der Waals surface area contributed by atoms with E-state index in [0.717, 1.165) is 44.2 Å². The third-order valence-electron chi connectivity index (χ3n) is 6.40. The molecule has 5 rings (SSSR count). The SMILES string of the molecule is CNCC(=O)NC1CCC(Nc2cc(NC3CC3)c3ncc(C(=O)Nc4ccnc(Cl)c4)n3n2)CC1. The lowest BCUT2D eigenvalue weighted by molar-refractivity contribution is -0.121. The van der Waals surface area contributed by atoms with Crippen LogP contribution in [0.3, 0.4) is 0 Å². The minimum Gasteiger partial charge on any atom is -0.379 e. The number of carbonyl (C=O) groups excluding carboxylic acids is 2. The summed E-state index contributed by atoms with van der Waals surface area (Å²) in [5, 5.41) is 20.9. The summed E-state index contributed by atoms with van der Waals surface area (Å²) >= 11 is 5.95. The summed E-state index contributed by atoms with van der Waals surface area (Å²) in [4.78, 5) is 33.4. The number of hydrogen-bond acceptors (Lipinski definition) is 8. The highest BCUT2D eigenvalue weighted by Gasteiger charge is 2.26. The summed E-state index contributed by atoms with van der Waals surface area (Å²) in [7, 11) is 1.76. The predicted molar refractivity (Wildman–Crippen MR) is 139 cm³/mol. The lowest BCUT2D eigenvalue weighted by Crippen LogP contribution is -2.43. The Kier molecular flexibility index (Phi) is 7.19. The van der Waals surface area contributed by atoms with Crippen LogP contribution in [0.15, 0.2) is 30.6 Å². The number of fused-ring (bicyclic) bond motifs is 1. The molecule has 2 saturated carbocycles. The molecule has 2 fully saturated rings. The molecule has 12 heteroatoms. The topological polar surface area (TPSA) is 137 Å². The highest BCUT2D eigenvalue weighted by Crippen LogP contribution is 2.30. The van der Waals surface area contributed by atoms with Crippen LogP contribution in [0.5, 0.6) is 0 Å². The predicted octanol–water partition coefficient (Wildman–Crippen LogP) is 2.66. The van der Waals surface area contributed by atoms with Crippen molar-refractivity contribution in [2.75, 3.05) is 29.5 Å². The summed E-state index contributed by atoms with van der Waals surface area (Å²) < 4.78 is 1.58. The third kappa shape index (κ3) is 5.85. The van der Waals surface area contributed by atoms with Gasteiger partial charge in [-0.15, -0.1) is 5.10 Å². The fraction of sp³-hybridized carbons (Fsp3) is 0.458. The number of aromatic nitrogens is 4. The molecular formula is C24H30ClN9O2. The monoisotopic (exact) mass is 511 g/mol. The number of likely N-dealkylation sites (N-methyl/N-ethyl adjacent to an activating group) is 1. The molecule has 5 N–H and O–H groups in total. The lowest BCUT2D eigenvalue weighted by atomic mass is 9.91. The Morgan fingerprint density at radius 3 is 2.47 bits per heavy atom. The first-order valence-electron chi connectivity index (χ1n) is 12.3. The van der Waals surface area contributed by atoms with E-state index in [9.17, 15) is 9.59 Å². The van der Waals surface area contributed by atoms with E-state index in [2.05, 4.69) is 36.6 Å². The molecule has 2 aliphatic rings. The van der Waals surface area contributed by atoms with E-state index in [-0.39, 0.29) is 23.9 Å². The average Bonchev–Trinajstić information content (AvgIpc) is 3.55. The molecule has 0 bridgehead atoms. The van der Waals surface area contributed by atoms with Gasteiger partial charge in [-0.3, -0.25) is 9.59 Å². The molecule has 2 aliphatic carbocycles. The second kappa shape index (κ2) is 10.7. The van der Waals surface area contributed by atoms with Crippen LogP contribution in [0.1, 0.15) is 49.0 Å². The number of rotatable bonds is 9. The molecule has 36 heavy (non-hydrogen) atoms. The van der Waals surface area contributed by atoms with Gasteiger partial charge in [0, 0.05) is 36.1 Å². The zero-order valence-corrected chi connectivity index (χ0v) is 20.8. The van der Waals surface area contributed by atoms with Crippen molar-refractivity contribution in [1.29, 1.82) is 0 Å². The van der Waals surface area contributed by atoms with Crippen molar-refractivity contribution >= 4 is 46.3 Å². The number of carbonyl (C=O) groups is 2. The molecule has 3 heterocycles. The lowest BCUT2D eigenvalue weighted by Gasteiger charge is -2.30. The Labute approximate surface area is 213 Å². The maximum absolute atomic E-state index is 13.1. The fourth-order valence-corrected chi connectivity index (χ4v) is 4.63. The van der Waals surface area contributed by atoms with Gasteiger partial charge < -0.3 is 26.6 Å². The average molecular weight is 512 g/mol. The van der Waals surface area contributed by atoms with E-state index in [0.29, 0.717) is 40.6 Å². The standard InChI is InChI=1S/C24H30ClN9O2/c1-26-13-22(35)31-16-6-4-15(5-7-16)30-21-11-18(29-14-2-3-14)23-28-12-19(34(23)33-21)24(36)32-17-8-9-27-20(25)10-17/h8-12,14-16,26,29H,2-7,13H2,1H3,(H,30,33)(H,31,35)(H,27,32,36). The van der Waals surface area contributed by atoms with Gasteiger partial charge in [0.25, 0.3) is 5.91 Å². The minimum absolute atomic E-state index is 0.0248. The van der Waals surface area contributed by atoms with Gasteiger partial charge in [-0.05, 0) is 57.7 Å². The maximum atomic E-state index is 13.1. The number of hydrogen-bond donors (Lipinski definition) is 5. The van der Waals surface area contributed by atoms with Gasteiger partial charge in [0.15, 0.2) is 11.3 Å². The van der Waals surface area contributed by atoms with E-state index in [4.69, 9.17) is 16.7 Å². The van der Waals surface area contributed by atoms with Gasteiger partial charge in [-0.1, -0.05) is 11.6 Å². The summed E-state index contributed by atoms with van der Waals surface area (Å²) in [6.07, 6.45) is 8.90. The number of amides is 2. The second-order valence-electron chi connectivity index (χ2n) is 9.35. The quantitative estimate of drug-likeness (QED) is 0.276. The van der Waals surface area contributed by atoms with Crippen molar-refractivity contribution in [3.8, 4) is 0 Å². The number of anilines is 3. The Morgan fingerprint density at radius 1 is 1.03 bits per heavy atom. The largest absolute Gasteiger partial charge is 0.379 e. The van der Waals surface area contributed by atoms with Crippen LogP contribution in [-0.2, 0) is 4.79 Å². The number of nitrogens with zero attached hydrogens (tertiary/aromatic N) is 4. The van der Waals surface area contributed by atoms with Crippen LogP contribution >= 0.6 is 11.6 Å². The van der Waals surface area contributed by atoms with Gasteiger partial charge >= 0.3 is 0 Å². The van der Waals surface area contributed by atoms with Crippen LogP contribution in [0.25, 0.3) is 5.65 Å². The van der Waals surface area contributed by atoms with Crippen LogP contribution in [0.4, 0.5) is 17.2 Å². The Hall–Kier alpha value is -3.44. The molecule has 3 aromatic heterocycles. The van der Waals surface area contributed by atoms with Crippen LogP contribution < -0.4 is 26.6 Å². The first kappa shape index (κ1) is 24.3. The molecule has 0 aliphatic heterocycles. The number of pyridine rings is 1. The molecule has 0 radical (unpaired) electrons.